The Bertz CT molecular complexity index is 15.0. The van der Waals surface area contributed by atoms with E-state index in [0.29, 0.717) is 0 Å². The van der Waals surface area contributed by atoms with E-state index in [2.05, 4.69) is 0 Å². The number of hydrogen-bond donors (Lipinski definition) is 0. The third-order valence-electron chi connectivity index (χ3n) is 0. The van der Waals surface area contributed by atoms with Gasteiger partial charge in [0.15, 0.2) is 0 Å². The summed E-state index contributed by atoms with van der Waals surface area (Å²) < 4.78 is 0. The summed E-state index contributed by atoms with van der Waals surface area (Å²) in [5.74, 6) is 0. The average Bonchev–Trinajstić information content (AvgIpc) is 0.918. The van der Waals surface area contributed by atoms with Crippen LogP contribution < -0.4 is 29.6 Å². The zero-order valence-corrected chi connectivity index (χ0v) is 5.26. The van der Waals surface area contributed by atoms with Gasteiger partial charge in [0.2, 0.25) is 0 Å². The van der Waals surface area contributed by atoms with Gasteiger partial charge in [-0.1, -0.05) is 0 Å². The molecule has 0 unspecified atom stereocenters. The van der Waals surface area contributed by atoms with E-state index in [0.717, 1.165) is 5.34 Å². The summed E-state index contributed by atoms with van der Waals surface area (Å²) in [5, 5.41) is 9.00. The van der Waals surface area contributed by atoms with Crippen molar-refractivity contribution in [3.05, 3.63) is 10.1 Å². The molecule has 0 aliphatic carbocycles. The van der Waals surface area contributed by atoms with Gasteiger partial charge < -0.3 is 21.1 Å². The van der Waals surface area contributed by atoms with Crippen LogP contribution in [0.5, 0.6) is 0 Å². The van der Waals surface area contributed by atoms with Crippen LogP contribution in [0, 0.1) is 10.1 Å². The van der Waals surface area contributed by atoms with Crippen molar-refractivity contribution in [2.45, 2.75) is 0 Å². The van der Waals surface area contributed by atoms with Crippen LogP contribution in [-0.2, 0) is 0 Å². The van der Waals surface area contributed by atoms with Crippen LogP contribution in [0.15, 0.2) is 5.34 Å². The van der Waals surface area contributed by atoms with E-state index >= 15 is 0 Å². The molecule has 0 radical (unpaired) electrons. The van der Waals surface area contributed by atoms with Gasteiger partial charge in [-0.2, -0.15) is 0 Å². The van der Waals surface area contributed by atoms with E-state index in [9.17, 15) is 0 Å². The summed E-state index contributed by atoms with van der Waals surface area (Å²) in [6, 6.07) is 0. The Hall–Kier alpha value is 0.320. The molecule has 5 nitrogen and oxygen atoms in total. The van der Waals surface area contributed by atoms with Crippen LogP contribution in [0.2, 0.25) is 0 Å². The van der Waals surface area contributed by atoms with Gasteiger partial charge in [0.1, 0.15) is 0 Å². The van der Waals surface area contributed by atoms with Crippen LogP contribution in [0.1, 0.15) is 0 Å². The van der Waals surface area contributed by atoms with Crippen LogP contribution in [-0.4, -0.2) is 11.0 Å². The van der Waals surface area contributed by atoms with Crippen molar-refractivity contribution in [3.63, 3.8) is 0 Å². The Morgan fingerprint density at radius 3 is 1.33 bits per heavy atom. The molecular formula is H4NNaO4. The second kappa shape index (κ2) is 57.0. The van der Waals surface area contributed by atoms with E-state index in [1.54, 1.807) is 0 Å². The molecule has 34 valence electrons. The molecule has 0 aromatic rings. The van der Waals surface area contributed by atoms with Gasteiger partial charge in [-0.15, -0.1) is 5.34 Å². The number of rotatable bonds is 0. The van der Waals surface area contributed by atoms with Gasteiger partial charge in [0.05, 0.1) is 0 Å². The largest absolute Gasteiger partial charge is 1.00 e. The van der Waals surface area contributed by atoms with E-state index in [4.69, 9.17) is 10.1 Å². The van der Waals surface area contributed by atoms with Gasteiger partial charge in [-0.3, -0.25) is 0 Å². The summed E-state index contributed by atoms with van der Waals surface area (Å²) in [5.41, 5.74) is 0. The van der Waals surface area contributed by atoms with Crippen molar-refractivity contribution >= 4 is 0 Å². The number of hydrogen-bond acceptors (Lipinski definition) is 3. The first kappa shape index (κ1) is 33.2. The molecule has 0 atom stereocenters. The molecule has 0 amide bonds. The monoisotopic (exact) mass is 105 g/mol. The maximum atomic E-state index is 8.00. The standard InChI is InChI=1S/HNO2.Na.2H2O/c2-1-3;;;/h(H,2,3);;2*1H2/q;+1;;/p-1. The Kier molecular flexibility index (Phi) is 316. The zero-order valence-electron chi connectivity index (χ0n) is 3.26. The predicted molar refractivity (Wildman–Crippen MR) is 16.4 cm³/mol. The molecule has 0 spiro atoms. The van der Waals surface area contributed by atoms with Crippen LogP contribution in [0.4, 0.5) is 0 Å². The summed E-state index contributed by atoms with van der Waals surface area (Å²) in [4.78, 5) is 8.00. The minimum absolute atomic E-state index is 0. The molecular weight excluding hydrogens is 101 g/mol. The molecule has 0 heterocycles. The first-order valence-electron chi connectivity index (χ1n) is 0.365. The normalized spacial score (nSPS) is 2.00. The van der Waals surface area contributed by atoms with Gasteiger partial charge in [-0.05, 0) is 0 Å². The molecule has 0 aliphatic heterocycles. The molecule has 0 bridgehead atoms. The average molecular weight is 105 g/mol. The fourth-order valence-corrected chi connectivity index (χ4v) is 0. The van der Waals surface area contributed by atoms with E-state index in [1.807, 2.05) is 0 Å². The van der Waals surface area contributed by atoms with Crippen molar-refractivity contribution in [3.8, 4) is 0 Å². The first-order valence-corrected chi connectivity index (χ1v) is 0.365. The van der Waals surface area contributed by atoms with Crippen molar-refractivity contribution in [2.75, 3.05) is 0 Å². The molecule has 0 aliphatic rings. The van der Waals surface area contributed by atoms with Crippen molar-refractivity contribution in [2.24, 2.45) is 5.34 Å². The maximum absolute atomic E-state index is 8.00. The Morgan fingerprint density at radius 2 is 1.33 bits per heavy atom. The van der Waals surface area contributed by atoms with E-state index in [-0.39, 0.29) is 40.5 Å². The second-order valence-electron chi connectivity index (χ2n) is 0.0745. The van der Waals surface area contributed by atoms with Crippen molar-refractivity contribution in [1.29, 1.82) is 0 Å². The van der Waals surface area contributed by atoms with Crippen molar-refractivity contribution in [1.82, 2.24) is 0 Å². The Labute approximate surface area is 56.2 Å². The molecule has 6 heavy (non-hydrogen) atoms. The van der Waals surface area contributed by atoms with E-state index < -0.39 is 0 Å². The van der Waals surface area contributed by atoms with Crippen LogP contribution >= 0.6 is 0 Å². The van der Waals surface area contributed by atoms with E-state index in [1.165, 1.54) is 0 Å². The topological polar surface area (TPSA) is 115 Å². The third-order valence-corrected chi connectivity index (χ3v) is 0. The Morgan fingerprint density at radius 1 is 1.33 bits per heavy atom. The summed E-state index contributed by atoms with van der Waals surface area (Å²) >= 11 is 0. The molecule has 0 aromatic heterocycles. The molecule has 0 saturated carbocycles. The molecule has 0 fully saturated rings. The van der Waals surface area contributed by atoms with Gasteiger partial charge in [0, 0.05) is 0 Å². The summed E-state index contributed by atoms with van der Waals surface area (Å²) in [7, 11) is 0. The minimum atomic E-state index is 0. The molecule has 0 rings (SSSR count). The smallest absolute Gasteiger partial charge is 0.444 e. The molecule has 6 heteroatoms. The SMILES string of the molecule is O.O.O=N[O-].[Na+]. The third kappa shape index (κ3) is 465. The fraction of sp³-hybridized carbons (Fsp3) is 0. The predicted octanol–water partition coefficient (Wildman–Crippen LogP) is -4.39. The van der Waals surface area contributed by atoms with Gasteiger partial charge >= 0.3 is 29.6 Å². The fourth-order valence-electron chi connectivity index (χ4n) is 0. The quantitative estimate of drug-likeness (QED) is 0.176. The maximum Gasteiger partial charge on any atom is 1.00 e. The molecule has 0 aromatic carbocycles. The van der Waals surface area contributed by atoms with Gasteiger partial charge in [0.25, 0.3) is 0 Å². The number of nitrogens with zero attached hydrogens (tertiary/aromatic N) is 1. The summed E-state index contributed by atoms with van der Waals surface area (Å²) in [6.07, 6.45) is 0. The summed E-state index contributed by atoms with van der Waals surface area (Å²) in [6.45, 7) is 0. The minimum Gasteiger partial charge on any atom is -0.444 e. The Balaban J connectivity index is -0.00000000667. The van der Waals surface area contributed by atoms with Crippen LogP contribution in [0.3, 0.4) is 0 Å². The van der Waals surface area contributed by atoms with Crippen LogP contribution in [0.25, 0.3) is 0 Å². The van der Waals surface area contributed by atoms with Gasteiger partial charge in [-0.25, -0.2) is 0 Å². The zero-order chi connectivity index (χ0) is 2.71. The first-order chi connectivity index (χ1) is 1.41. The molecule has 0 saturated heterocycles. The molecule has 4 N–H and O–H groups in total. The second-order valence-corrected chi connectivity index (χ2v) is 0.0745. The van der Waals surface area contributed by atoms with Crippen molar-refractivity contribution < 1.29 is 40.5 Å².